The number of fused-ring (bicyclic) bond motifs is 1. The molecule has 0 radical (unpaired) electrons. The van der Waals surface area contributed by atoms with Crippen LogP contribution < -0.4 is 24.4 Å². The fraction of sp³-hybridized carbons (Fsp3) is 0.214. The second-order valence-corrected chi connectivity index (χ2v) is 9.21. The van der Waals surface area contributed by atoms with Crippen LogP contribution in [0.3, 0.4) is 0 Å². The van der Waals surface area contributed by atoms with E-state index in [-0.39, 0.29) is 11.8 Å². The molecule has 0 atom stereocenters. The van der Waals surface area contributed by atoms with Crippen molar-refractivity contribution in [3.63, 3.8) is 0 Å². The maximum atomic E-state index is 13.0. The normalized spacial score (nSPS) is 13.8. The van der Waals surface area contributed by atoms with E-state index in [9.17, 15) is 9.59 Å². The molecule has 186 valence electrons. The van der Waals surface area contributed by atoms with Gasteiger partial charge in [0, 0.05) is 24.1 Å². The van der Waals surface area contributed by atoms with Gasteiger partial charge in [-0.3, -0.25) is 9.59 Å². The van der Waals surface area contributed by atoms with Crippen molar-refractivity contribution in [2.24, 2.45) is 0 Å². The molecule has 0 spiro atoms. The number of hydrogen-bond donors (Lipinski definition) is 1. The first kappa shape index (κ1) is 25.2. The van der Waals surface area contributed by atoms with Gasteiger partial charge in [0.1, 0.15) is 5.75 Å². The second kappa shape index (κ2) is 11.2. The van der Waals surface area contributed by atoms with E-state index in [1.165, 1.54) is 11.8 Å². The third-order valence-corrected chi connectivity index (χ3v) is 6.93. The molecule has 0 aromatic heterocycles. The Kier molecular flexibility index (Phi) is 7.85. The van der Waals surface area contributed by atoms with Crippen molar-refractivity contribution < 1.29 is 23.8 Å². The molecule has 36 heavy (non-hydrogen) atoms. The number of likely N-dealkylation sites (N-methyl/N-ethyl adjacent to an activating group) is 1. The van der Waals surface area contributed by atoms with E-state index in [0.717, 1.165) is 21.8 Å². The molecule has 2 amide bonds. The molecule has 7 nitrogen and oxygen atoms in total. The molecule has 3 aromatic rings. The number of methoxy groups -OCH3 is 3. The summed E-state index contributed by atoms with van der Waals surface area (Å²) in [5.41, 5.74) is 3.12. The average Bonchev–Trinajstić information content (AvgIpc) is 2.91. The zero-order valence-corrected chi connectivity index (χ0v) is 21.5. The van der Waals surface area contributed by atoms with Crippen LogP contribution in [-0.4, -0.2) is 46.7 Å². The summed E-state index contributed by atoms with van der Waals surface area (Å²) in [5, 5.41) is 2.95. The molecule has 0 unspecified atom stereocenters. The summed E-state index contributed by atoms with van der Waals surface area (Å²) in [5.74, 6) is 1.73. The van der Waals surface area contributed by atoms with Gasteiger partial charge in [-0.05, 0) is 66.1 Å². The largest absolute Gasteiger partial charge is 0.497 e. The number of rotatable bonds is 8. The number of hydrogen-bond acceptors (Lipinski definition) is 6. The Morgan fingerprint density at radius 2 is 1.78 bits per heavy atom. The Balaban J connectivity index is 1.44. The molecular weight excluding hydrogens is 476 g/mol. The van der Waals surface area contributed by atoms with Gasteiger partial charge in [0.25, 0.3) is 11.8 Å². The number of thioether (sulfide) groups is 1. The highest BCUT2D eigenvalue weighted by Crippen LogP contribution is 2.42. The Morgan fingerprint density at radius 3 is 2.53 bits per heavy atom. The van der Waals surface area contributed by atoms with E-state index in [0.29, 0.717) is 40.6 Å². The molecule has 1 aliphatic heterocycles. The molecule has 3 aromatic carbocycles. The number of carbonyl (C=O) groups excluding carboxylic acids is 2. The number of anilines is 1. The second-order valence-electron chi connectivity index (χ2n) is 8.13. The molecule has 1 heterocycles. The van der Waals surface area contributed by atoms with Gasteiger partial charge in [-0.15, -0.1) is 0 Å². The van der Waals surface area contributed by atoms with Crippen LogP contribution in [0.4, 0.5) is 5.69 Å². The predicted molar refractivity (Wildman–Crippen MR) is 142 cm³/mol. The minimum Gasteiger partial charge on any atom is -0.497 e. The summed E-state index contributed by atoms with van der Waals surface area (Å²) in [4.78, 5) is 28.9. The van der Waals surface area contributed by atoms with Gasteiger partial charge in [0.2, 0.25) is 0 Å². The first-order valence-corrected chi connectivity index (χ1v) is 12.2. The molecule has 0 bridgehead atoms. The lowest BCUT2D eigenvalue weighted by atomic mass is 10.1. The zero-order valence-electron chi connectivity index (χ0n) is 20.7. The lowest BCUT2D eigenvalue weighted by molar-refractivity contribution is -0.114. The molecule has 1 N–H and O–H groups in total. The molecule has 0 saturated carbocycles. The number of nitrogens with zero attached hydrogens (tertiary/aromatic N) is 1. The average molecular weight is 505 g/mol. The van der Waals surface area contributed by atoms with Gasteiger partial charge in [0.15, 0.2) is 11.5 Å². The summed E-state index contributed by atoms with van der Waals surface area (Å²) >= 11 is 1.39. The smallest absolute Gasteiger partial charge is 0.264 e. The summed E-state index contributed by atoms with van der Waals surface area (Å²) in [6.45, 7) is 0.461. The molecule has 4 rings (SSSR count). The Bertz CT molecular complexity index is 1320. The Morgan fingerprint density at radius 1 is 0.972 bits per heavy atom. The molecular formula is C28H28N2O5S. The van der Waals surface area contributed by atoms with Gasteiger partial charge in [0.05, 0.1) is 31.9 Å². The number of carbonyl (C=O) groups is 2. The van der Waals surface area contributed by atoms with Gasteiger partial charge in [-0.25, -0.2) is 0 Å². The third-order valence-electron chi connectivity index (χ3n) is 5.86. The summed E-state index contributed by atoms with van der Waals surface area (Å²) in [6, 6.07) is 18.7. The predicted octanol–water partition coefficient (Wildman–Crippen LogP) is 4.79. The Labute approximate surface area is 215 Å². The van der Waals surface area contributed by atoms with E-state index in [4.69, 9.17) is 14.2 Å². The summed E-state index contributed by atoms with van der Waals surface area (Å²) in [7, 11) is 6.52. The van der Waals surface area contributed by atoms with Crippen LogP contribution in [0.25, 0.3) is 6.08 Å². The monoisotopic (exact) mass is 504 g/mol. The van der Waals surface area contributed by atoms with Crippen LogP contribution >= 0.6 is 11.8 Å². The number of benzene rings is 3. The molecule has 0 saturated heterocycles. The van der Waals surface area contributed by atoms with Crippen molar-refractivity contribution in [2.45, 2.75) is 11.3 Å². The minimum absolute atomic E-state index is 0.124. The van der Waals surface area contributed by atoms with Crippen molar-refractivity contribution in [3.8, 4) is 17.2 Å². The van der Waals surface area contributed by atoms with Crippen molar-refractivity contribution in [1.82, 2.24) is 5.32 Å². The van der Waals surface area contributed by atoms with Gasteiger partial charge < -0.3 is 24.4 Å². The number of ether oxygens (including phenoxy) is 3. The molecule has 1 aliphatic rings. The molecule has 8 heteroatoms. The van der Waals surface area contributed by atoms with Crippen LogP contribution in [0, 0.1) is 0 Å². The number of amides is 2. The first-order valence-electron chi connectivity index (χ1n) is 11.4. The topological polar surface area (TPSA) is 77.1 Å². The van der Waals surface area contributed by atoms with Crippen LogP contribution in [0.2, 0.25) is 0 Å². The third kappa shape index (κ3) is 5.49. The summed E-state index contributed by atoms with van der Waals surface area (Å²) in [6.07, 6.45) is 2.49. The van der Waals surface area contributed by atoms with Crippen molar-refractivity contribution in [3.05, 3.63) is 82.3 Å². The van der Waals surface area contributed by atoms with Crippen LogP contribution in [0.1, 0.15) is 21.5 Å². The quantitative estimate of drug-likeness (QED) is 0.445. The summed E-state index contributed by atoms with van der Waals surface area (Å²) < 4.78 is 15.9. The number of nitrogens with one attached hydrogen (secondary N) is 1. The maximum absolute atomic E-state index is 13.0. The Hall–Kier alpha value is -3.91. The van der Waals surface area contributed by atoms with E-state index >= 15 is 0 Å². The lowest BCUT2D eigenvalue weighted by Gasteiger charge is -2.27. The molecule has 0 fully saturated rings. The van der Waals surface area contributed by atoms with Crippen molar-refractivity contribution in [1.29, 1.82) is 0 Å². The highest BCUT2D eigenvalue weighted by molar-refractivity contribution is 8.04. The molecule has 0 aliphatic carbocycles. The SMILES string of the molecule is COc1cccc(/C=C2\Sc3ccc(C(=O)NCCc4ccc(OC)c(OC)c4)cc3N(C)C2=O)c1. The fourth-order valence-electron chi connectivity index (χ4n) is 3.88. The maximum Gasteiger partial charge on any atom is 0.264 e. The van der Waals surface area contributed by atoms with Crippen LogP contribution in [-0.2, 0) is 11.2 Å². The van der Waals surface area contributed by atoms with Crippen molar-refractivity contribution in [2.75, 3.05) is 39.8 Å². The van der Waals surface area contributed by atoms with Gasteiger partial charge in [-0.1, -0.05) is 30.0 Å². The van der Waals surface area contributed by atoms with E-state index in [1.54, 1.807) is 45.4 Å². The minimum atomic E-state index is -0.193. The first-order chi connectivity index (χ1) is 17.4. The standard InChI is InChI=1S/C28H28N2O5S/c1-30-22-17-20(27(31)29-13-12-18-8-10-23(34-3)24(15-18)35-4)9-11-25(22)36-26(28(30)32)16-19-6-5-7-21(14-19)33-2/h5-11,14-17H,12-13H2,1-4H3,(H,29,31)/b26-16-. The van der Waals surface area contributed by atoms with Gasteiger partial charge >= 0.3 is 0 Å². The highest BCUT2D eigenvalue weighted by Gasteiger charge is 2.27. The zero-order chi connectivity index (χ0) is 25.7. The van der Waals surface area contributed by atoms with E-state index < -0.39 is 0 Å². The van der Waals surface area contributed by atoms with E-state index in [1.807, 2.05) is 54.6 Å². The van der Waals surface area contributed by atoms with Crippen molar-refractivity contribution >= 4 is 35.3 Å². The highest BCUT2D eigenvalue weighted by atomic mass is 32.2. The lowest BCUT2D eigenvalue weighted by Crippen LogP contribution is -2.31. The van der Waals surface area contributed by atoms with E-state index in [2.05, 4.69) is 5.32 Å². The van der Waals surface area contributed by atoms with Crippen LogP contribution in [0.5, 0.6) is 17.2 Å². The van der Waals surface area contributed by atoms with Crippen LogP contribution in [0.15, 0.2) is 70.5 Å². The van der Waals surface area contributed by atoms with Gasteiger partial charge in [-0.2, -0.15) is 0 Å². The fourth-order valence-corrected chi connectivity index (χ4v) is 4.97.